The van der Waals surface area contributed by atoms with Gasteiger partial charge in [0.05, 0.1) is 6.54 Å². The highest BCUT2D eigenvalue weighted by molar-refractivity contribution is 5.96. The first-order valence-electron chi connectivity index (χ1n) is 10.5. The van der Waals surface area contributed by atoms with E-state index in [1.54, 1.807) is 17.0 Å². The van der Waals surface area contributed by atoms with Gasteiger partial charge in [0, 0.05) is 43.6 Å². The second-order valence-electron chi connectivity index (χ2n) is 8.00. The first kappa shape index (κ1) is 20.2. The number of benzene rings is 1. The van der Waals surface area contributed by atoms with Crippen molar-refractivity contribution in [2.75, 3.05) is 42.5 Å². The number of hydrogen-bond acceptors (Lipinski definition) is 5. The lowest BCUT2D eigenvalue weighted by Gasteiger charge is -2.36. The summed E-state index contributed by atoms with van der Waals surface area (Å²) in [5, 5.41) is 0. The summed E-state index contributed by atoms with van der Waals surface area (Å²) in [6.45, 7) is 9.51. The molecule has 2 saturated heterocycles. The predicted octanol–water partition coefficient (Wildman–Crippen LogP) is 3.40. The number of carbonyl (C=O) groups is 2. The molecule has 7 heteroatoms. The van der Waals surface area contributed by atoms with E-state index in [0.29, 0.717) is 25.2 Å². The van der Waals surface area contributed by atoms with Gasteiger partial charge in [0.15, 0.2) is 0 Å². The van der Waals surface area contributed by atoms with Gasteiger partial charge in [-0.05, 0) is 55.7 Å². The number of piperazine rings is 1. The zero-order chi connectivity index (χ0) is 21.3. The number of cyclic esters (lactones) is 1. The molecular formula is C23H28N4O3. The molecule has 2 aromatic rings. The van der Waals surface area contributed by atoms with Gasteiger partial charge in [-0.25, -0.2) is 9.78 Å². The quantitative estimate of drug-likeness (QED) is 0.776. The summed E-state index contributed by atoms with van der Waals surface area (Å²) in [4.78, 5) is 35.3. The van der Waals surface area contributed by atoms with Crippen molar-refractivity contribution in [1.82, 2.24) is 9.88 Å². The van der Waals surface area contributed by atoms with Crippen LogP contribution in [0.3, 0.4) is 0 Å². The van der Waals surface area contributed by atoms with Crippen molar-refractivity contribution in [3.63, 3.8) is 0 Å². The smallest absolute Gasteiger partial charge is 0.414 e. The van der Waals surface area contributed by atoms with Crippen LogP contribution in [0.4, 0.5) is 16.3 Å². The molecular weight excluding hydrogens is 380 g/mol. The number of aromatic nitrogens is 1. The molecule has 0 aliphatic carbocycles. The Labute approximate surface area is 177 Å². The number of pyridine rings is 1. The van der Waals surface area contributed by atoms with Gasteiger partial charge in [-0.1, -0.05) is 13.0 Å². The largest absolute Gasteiger partial charge is 0.444 e. The molecule has 0 N–H and O–H groups in total. The van der Waals surface area contributed by atoms with Crippen LogP contribution in [-0.4, -0.2) is 60.7 Å². The van der Waals surface area contributed by atoms with E-state index in [-0.39, 0.29) is 18.1 Å². The summed E-state index contributed by atoms with van der Waals surface area (Å²) < 4.78 is 5.31. The molecule has 158 valence electrons. The molecule has 30 heavy (non-hydrogen) atoms. The molecule has 1 aromatic heterocycles. The monoisotopic (exact) mass is 408 g/mol. The number of amides is 2. The van der Waals surface area contributed by atoms with E-state index >= 15 is 0 Å². The Morgan fingerprint density at radius 3 is 2.43 bits per heavy atom. The molecule has 1 aromatic carbocycles. The van der Waals surface area contributed by atoms with Gasteiger partial charge in [-0.15, -0.1) is 0 Å². The molecule has 7 nitrogen and oxygen atoms in total. The molecule has 2 aliphatic rings. The summed E-state index contributed by atoms with van der Waals surface area (Å²) in [6, 6.07) is 9.37. The van der Waals surface area contributed by atoms with Gasteiger partial charge in [0.1, 0.15) is 11.9 Å². The molecule has 1 unspecified atom stereocenters. The molecule has 2 fully saturated rings. The molecule has 0 radical (unpaired) electrons. The third kappa shape index (κ3) is 3.97. The van der Waals surface area contributed by atoms with Gasteiger partial charge < -0.3 is 14.5 Å². The van der Waals surface area contributed by atoms with Gasteiger partial charge in [-0.2, -0.15) is 0 Å². The number of rotatable bonds is 4. The Morgan fingerprint density at radius 1 is 1.13 bits per heavy atom. The SMILES string of the molecule is CCC1CN(c2ccc(C(=O)N3CCN(c4ncc(C)cc4C)CC3)cc2)C(=O)O1. The van der Waals surface area contributed by atoms with Crippen LogP contribution >= 0.6 is 0 Å². The highest BCUT2D eigenvalue weighted by atomic mass is 16.6. The summed E-state index contributed by atoms with van der Waals surface area (Å²) in [6.07, 6.45) is 2.29. The third-order valence-electron chi connectivity index (χ3n) is 5.81. The lowest BCUT2D eigenvalue weighted by Crippen LogP contribution is -2.49. The van der Waals surface area contributed by atoms with E-state index in [1.807, 2.05) is 37.1 Å². The number of aryl methyl sites for hydroxylation is 2. The normalized spacial score (nSPS) is 19.2. The maximum absolute atomic E-state index is 12.9. The second-order valence-corrected chi connectivity index (χ2v) is 8.00. The van der Waals surface area contributed by atoms with Crippen molar-refractivity contribution >= 4 is 23.5 Å². The Balaban J connectivity index is 1.38. The standard InChI is InChI=1S/C23H28N4O3/c1-4-20-15-27(23(29)30-20)19-7-5-18(6-8-19)22(28)26-11-9-25(10-12-26)21-17(3)13-16(2)14-24-21/h5-8,13-14,20H,4,9-12,15H2,1-3H3. The van der Waals surface area contributed by atoms with Crippen molar-refractivity contribution in [3.8, 4) is 0 Å². The van der Waals surface area contributed by atoms with E-state index in [0.717, 1.165) is 42.1 Å². The van der Waals surface area contributed by atoms with Crippen molar-refractivity contribution in [3.05, 3.63) is 53.2 Å². The van der Waals surface area contributed by atoms with Crippen LogP contribution in [0.15, 0.2) is 36.5 Å². The Kier molecular flexibility index (Phi) is 5.61. The Bertz CT molecular complexity index is 936. The highest BCUT2D eigenvalue weighted by Crippen LogP contribution is 2.24. The number of hydrogen-bond donors (Lipinski definition) is 0. The van der Waals surface area contributed by atoms with Gasteiger partial charge in [0.25, 0.3) is 5.91 Å². The summed E-state index contributed by atoms with van der Waals surface area (Å²) >= 11 is 0. The van der Waals surface area contributed by atoms with E-state index in [2.05, 4.69) is 22.9 Å². The Morgan fingerprint density at radius 2 is 1.83 bits per heavy atom. The minimum atomic E-state index is -0.322. The first-order valence-corrected chi connectivity index (χ1v) is 10.5. The van der Waals surface area contributed by atoms with Crippen molar-refractivity contribution in [2.24, 2.45) is 0 Å². The lowest BCUT2D eigenvalue weighted by atomic mass is 10.1. The van der Waals surface area contributed by atoms with E-state index < -0.39 is 0 Å². The van der Waals surface area contributed by atoms with E-state index in [4.69, 9.17) is 4.74 Å². The fraction of sp³-hybridized carbons (Fsp3) is 0.435. The van der Waals surface area contributed by atoms with Gasteiger partial charge >= 0.3 is 6.09 Å². The van der Waals surface area contributed by atoms with Crippen LogP contribution in [0, 0.1) is 13.8 Å². The number of ether oxygens (including phenoxy) is 1. The molecule has 4 rings (SSSR count). The summed E-state index contributed by atoms with van der Waals surface area (Å²) in [5.74, 6) is 1.02. The van der Waals surface area contributed by atoms with Crippen molar-refractivity contribution < 1.29 is 14.3 Å². The van der Waals surface area contributed by atoms with E-state index in [1.165, 1.54) is 0 Å². The maximum Gasteiger partial charge on any atom is 0.414 e. The summed E-state index contributed by atoms with van der Waals surface area (Å²) in [7, 11) is 0. The number of anilines is 2. The average molecular weight is 409 g/mol. The lowest BCUT2D eigenvalue weighted by molar-refractivity contribution is 0.0746. The third-order valence-corrected chi connectivity index (χ3v) is 5.81. The maximum atomic E-state index is 12.9. The van der Waals surface area contributed by atoms with Crippen LogP contribution < -0.4 is 9.80 Å². The zero-order valence-corrected chi connectivity index (χ0v) is 17.8. The van der Waals surface area contributed by atoms with Crippen LogP contribution in [0.2, 0.25) is 0 Å². The molecule has 2 amide bonds. The molecule has 0 spiro atoms. The fourth-order valence-corrected chi connectivity index (χ4v) is 4.07. The number of nitrogens with zero attached hydrogens (tertiary/aromatic N) is 4. The minimum Gasteiger partial charge on any atom is -0.444 e. The van der Waals surface area contributed by atoms with Crippen LogP contribution in [0.1, 0.15) is 34.8 Å². The van der Waals surface area contributed by atoms with Gasteiger partial charge in [-0.3, -0.25) is 9.69 Å². The van der Waals surface area contributed by atoms with Gasteiger partial charge in [0.2, 0.25) is 0 Å². The van der Waals surface area contributed by atoms with Crippen LogP contribution in [0.25, 0.3) is 0 Å². The molecule has 0 saturated carbocycles. The molecule has 0 bridgehead atoms. The fourth-order valence-electron chi connectivity index (χ4n) is 4.07. The van der Waals surface area contributed by atoms with Crippen molar-refractivity contribution in [1.29, 1.82) is 0 Å². The zero-order valence-electron chi connectivity index (χ0n) is 17.8. The first-order chi connectivity index (χ1) is 14.5. The average Bonchev–Trinajstić information content (AvgIpc) is 3.14. The topological polar surface area (TPSA) is 66.0 Å². The second kappa shape index (κ2) is 8.34. The molecule has 3 heterocycles. The highest BCUT2D eigenvalue weighted by Gasteiger charge is 2.31. The van der Waals surface area contributed by atoms with E-state index in [9.17, 15) is 9.59 Å². The number of carbonyl (C=O) groups excluding carboxylic acids is 2. The molecule has 2 aliphatic heterocycles. The minimum absolute atomic E-state index is 0.0187. The van der Waals surface area contributed by atoms with Crippen LogP contribution in [0.5, 0.6) is 0 Å². The molecule has 1 atom stereocenters. The Hall–Kier alpha value is -3.09. The predicted molar refractivity (Wildman–Crippen MR) is 116 cm³/mol. The van der Waals surface area contributed by atoms with Crippen LogP contribution in [-0.2, 0) is 4.74 Å². The van der Waals surface area contributed by atoms with Crippen molar-refractivity contribution in [2.45, 2.75) is 33.3 Å². The summed E-state index contributed by atoms with van der Waals surface area (Å²) in [5.41, 5.74) is 3.71.